The van der Waals surface area contributed by atoms with Gasteiger partial charge in [0.05, 0.1) is 36.4 Å². The van der Waals surface area contributed by atoms with Gasteiger partial charge in [0.1, 0.15) is 17.4 Å². The second-order valence-corrected chi connectivity index (χ2v) is 10.2. The Bertz CT molecular complexity index is 1760. The smallest absolute Gasteiger partial charge is 0.151 e. The third-order valence-corrected chi connectivity index (χ3v) is 7.31. The molecule has 1 aliphatic heterocycles. The number of halogens is 2. The fourth-order valence-corrected chi connectivity index (χ4v) is 5.02. The first-order chi connectivity index (χ1) is 20.9. The van der Waals surface area contributed by atoms with E-state index in [4.69, 9.17) is 0 Å². The Labute approximate surface area is 243 Å². The Balaban J connectivity index is 1.44. The topological polar surface area (TPSA) is 112 Å². The molecule has 42 heavy (non-hydrogen) atoms. The van der Waals surface area contributed by atoms with Crippen LogP contribution in [0.1, 0.15) is 55.8 Å². The minimum Gasteiger partial charge on any atom is -0.377 e. The number of rotatable bonds is 10. The summed E-state index contributed by atoms with van der Waals surface area (Å²) in [6.07, 6.45) is 5.88. The van der Waals surface area contributed by atoms with E-state index in [0.29, 0.717) is 34.8 Å². The van der Waals surface area contributed by atoms with Gasteiger partial charge in [-0.05, 0) is 54.7 Å². The summed E-state index contributed by atoms with van der Waals surface area (Å²) in [5.41, 5.74) is 8.79. The predicted octanol–water partition coefficient (Wildman–Crippen LogP) is 6.32. The molecule has 0 radical (unpaired) electrons. The van der Waals surface area contributed by atoms with Gasteiger partial charge in [-0.2, -0.15) is 10.5 Å². The SMILES string of the molecule is [2H]C(Nc1cc(F)c2ncc(C#N)c(NC(CCC#N)c3ccccc3)c2c1)(C1=CN(C2CC2)NN1)c1ccc(F)cc1. The van der Waals surface area contributed by atoms with E-state index in [1.807, 2.05) is 35.3 Å². The minimum absolute atomic E-state index is 0.0521. The lowest BCUT2D eigenvalue weighted by atomic mass is 10.00. The summed E-state index contributed by atoms with van der Waals surface area (Å²) in [5.74, 6) is -1.09. The second-order valence-electron chi connectivity index (χ2n) is 10.2. The summed E-state index contributed by atoms with van der Waals surface area (Å²) in [7, 11) is 0. The van der Waals surface area contributed by atoms with Crippen molar-refractivity contribution in [1.29, 1.82) is 10.5 Å². The summed E-state index contributed by atoms with van der Waals surface area (Å²) >= 11 is 0. The van der Waals surface area contributed by atoms with E-state index in [1.165, 1.54) is 36.5 Å². The third-order valence-electron chi connectivity index (χ3n) is 7.31. The van der Waals surface area contributed by atoms with Gasteiger partial charge in [-0.15, -0.1) is 5.53 Å². The number of nitriles is 2. The average Bonchev–Trinajstić information content (AvgIpc) is 3.75. The van der Waals surface area contributed by atoms with E-state index in [9.17, 15) is 16.3 Å². The van der Waals surface area contributed by atoms with Crippen LogP contribution in [0.15, 0.2) is 84.8 Å². The normalized spacial score (nSPS) is 16.8. The van der Waals surface area contributed by atoms with Crippen LogP contribution >= 0.6 is 0 Å². The maximum atomic E-state index is 15.7. The number of nitrogens with zero attached hydrogens (tertiary/aromatic N) is 4. The van der Waals surface area contributed by atoms with Crippen molar-refractivity contribution in [1.82, 2.24) is 21.0 Å². The number of hydrogen-bond donors (Lipinski definition) is 4. The molecule has 1 saturated carbocycles. The third kappa shape index (κ3) is 5.67. The van der Waals surface area contributed by atoms with Crippen molar-refractivity contribution in [2.24, 2.45) is 0 Å². The van der Waals surface area contributed by atoms with Crippen molar-refractivity contribution in [2.45, 2.75) is 43.8 Å². The number of benzene rings is 3. The van der Waals surface area contributed by atoms with Gasteiger partial charge < -0.3 is 16.1 Å². The zero-order valence-corrected chi connectivity index (χ0v) is 22.5. The molecule has 0 bridgehead atoms. The Morgan fingerprint density at radius 1 is 1.05 bits per heavy atom. The van der Waals surface area contributed by atoms with Crippen LogP contribution in [-0.2, 0) is 0 Å². The lowest BCUT2D eigenvalue weighted by molar-refractivity contribution is 0.260. The lowest BCUT2D eigenvalue weighted by Crippen LogP contribution is -2.38. The standard InChI is InChI=1S/C32H28F2N8/c33-23-10-8-21(9-11-23)31(29-19-42(41-40-29)25-12-13-25)38-24-15-26-30(22(17-36)18-37-32(26)27(34)16-24)39-28(7-4-14-35)20-5-2-1-3-6-20/h1-3,5-6,8-11,15-16,18-19,25,28,31,38,40-41H,4,7,12-13H2,(H,37,39)/i31D. The second kappa shape index (κ2) is 11.7. The van der Waals surface area contributed by atoms with Crippen LogP contribution in [0.25, 0.3) is 10.9 Å². The van der Waals surface area contributed by atoms with Crippen LogP contribution in [-0.4, -0.2) is 16.0 Å². The molecule has 2 atom stereocenters. The molecule has 2 unspecified atom stereocenters. The number of fused-ring (bicyclic) bond motifs is 1. The summed E-state index contributed by atoms with van der Waals surface area (Å²) < 4.78 is 39.1. The van der Waals surface area contributed by atoms with Gasteiger partial charge in [0.15, 0.2) is 5.82 Å². The van der Waals surface area contributed by atoms with Gasteiger partial charge in [-0.25, -0.2) is 8.78 Å². The number of anilines is 2. The minimum atomic E-state index is -1.67. The van der Waals surface area contributed by atoms with Crippen molar-refractivity contribution in [3.8, 4) is 12.1 Å². The summed E-state index contributed by atoms with van der Waals surface area (Å²) in [6.45, 7) is 0. The fourth-order valence-electron chi connectivity index (χ4n) is 5.02. The van der Waals surface area contributed by atoms with Gasteiger partial charge in [-0.1, -0.05) is 42.5 Å². The maximum Gasteiger partial charge on any atom is 0.151 e. The van der Waals surface area contributed by atoms with Crippen LogP contribution < -0.4 is 21.6 Å². The van der Waals surface area contributed by atoms with Crippen LogP contribution in [0.2, 0.25) is 0 Å². The Morgan fingerprint density at radius 2 is 1.83 bits per heavy atom. The first-order valence-electron chi connectivity index (χ1n) is 14.2. The van der Waals surface area contributed by atoms with E-state index >= 15 is 4.39 Å². The number of nitrogens with one attached hydrogen (secondary N) is 4. The van der Waals surface area contributed by atoms with Crippen LogP contribution in [0.3, 0.4) is 0 Å². The van der Waals surface area contributed by atoms with Crippen molar-refractivity contribution in [3.05, 3.63) is 113 Å². The van der Waals surface area contributed by atoms with Gasteiger partial charge in [0, 0.05) is 35.9 Å². The molecule has 2 heterocycles. The maximum absolute atomic E-state index is 15.7. The molecular formula is C32H28F2N8. The first kappa shape index (κ1) is 25.8. The van der Waals surface area contributed by atoms with Crippen LogP contribution in [0.4, 0.5) is 20.2 Å². The highest BCUT2D eigenvalue weighted by molar-refractivity contribution is 5.96. The summed E-state index contributed by atoms with van der Waals surface area (Å²) in [5, 5.41) is 28.0. The number of pyridine rings is 1. The molecule has 0 spiro atoms. The van der Waals surface area contributed by atoms with Gasteiger partial charge in [-0.3, -0.25) is 9.99 Å². The molecule has 6 rings (SSSR count). The highest BCUT2D eigenvalue weighted by Gasteiger charge is 2.32. The predicted molar refractivity (Wildman–Crippen MR) is 156 cm³/mol. The van der Waals surface area contributed by atoms with E-state index in [0.717, 1.165) is 18.4 Å². The van der Waals surface area contributed by atoms with Crippen LogP contribution in [0, 0.1) is 34.3 Å². The van der Waals surface area contributed by atoms with Gasteiger partial charge in [0.25, 0.3) is 0 Å². The largest absolute Gasteiger partial charge is 0.377 e. The lowest BCUT2D eigenvalue weighted by Gasteiger charge is -2.23. The summed E-state index contributed by atoms with van der Waals surface area (Å²) in [4.78, 5) is 4.23. The molecule has 210 valence electrons. The molecule has 1 fully saturated rings. The molecule has 8 nitrogen and oxygen atoms in total. The molecule has 10 heteroatoms. The van der Waals surface area contributed by atoms with Gasteiger partial charge in [0.2, 0.25) is 0 Å². The van der Waals surface area contributed by atoms with Crippen molar-refractivity contribution >= 4 is 22.3 Å². The van der Waals surface area contributed by atoms with Gasteiger partial charge >= 0.3 is 0 Å². The highest BCUT2D eigenvalue weighted by Crippen LogP contribution is 2.36. The zero-order valence-electron chi connectivity index (χ0n) is 23.5. The van der Waals surface area contributed by atoms with Crippen molar-refractivity contribution < 1.29 is 10.2 Å². The molecule has 0 saturated heterocycles. The molecule has 1 aliphatic carbocycles. The van der Waals surface area contributed by atoms with E-state index < -0.39 is 17.7 Å². The number of hydrazine groups is 2. The van der Waals surface area contributed by atoms with Crippen LogP contribution in [0.5, 0.6) is 0 Å². The number of aromatic nitrogens is 1. The molecule has 1 aromatic heterocycles. The quantitative estimate of drug-likeness (QED) is 0.177. The Hall–Kier alpha value is -5.19. The monoisotopic (exact) mass is 563 g/mol. The highest BCUT2D eigenvalue weighted by atomic mass is 19.1. The van der Waals surface area contributed by atoms with Crippen molar-refractivity contribution in [3.63, 3.8) is 0 Å². The first-order valence-corrected chi connectivity index (χ1v) is 13.7. The van der Waals surface area contributed by atoms with E-state index in [-0.39, 0.29) is 29.2 Å². The molecule has 3 aromatic carbocycles. The fraction of sp³-hybridized carbons (Fsp3) is 0.219. The Morgan fingerprint density at radius 3 is 2.55 bits per heavy atom. The summed E-state index contributed by atoms with van der Waals surface area (Å²) in [6, 6.07) is 20.6. The zero-order chi connectivity index (χ0) is 30.0. The molecule has 4 N–H and O–H groups in total. The van der Waals surface area contributed by atoms with E-state index in [2.05, 4.69) is 38.7 Å². The van der Waals surface area contributed by atoms with Crippen molar-refractivity contribution in [2.75, 3.05) is 10.6 Å². The molecule has 0 amide bonds. The molecule has 2 aliphatic rings. The molecule has 4 aromatic rings. The van der Waals surface area contributed by atoms with E-state index in [1.54, 1.807) is 12.3 Å². The Kier molecular flexibility index (Phi) is 7.20. The number of hydrogen-bond acceptors (Lipinski definition) is 8. The molecular weight excluding hydrogens is 534 g/mol. The average molecular weight is 564 g/mol.